The second-order valence-electron chi connectivity index (χ2n) is 7.32. The van der Waals surface area contributed by atoms with Gasteiger partial charge in [-0.15, -0.1) is 11.3 Å². The second-order valence-corrected chi connectivity index (χ2v) is 10.6. The largest absolute Gasteiger partial charge is 0.340 e. The molecule has 1 aliphatic heterocycles. The fourth-order valence-electron chi connectivity index (χ4n) is 3.41. The van der Waals surface area contributed by atoms with Crippen molar-refractivity contribution in [2.24, 2.45) is 7.05 Å². The van der Waals surface area contributed by atoms with Crippen LogP contribution in [0, 0.1) is 5.82 Å². The lowest BCUT2D eigenvalue weighted by Gasteiger charge is -2.35. The van der Waals surface area contributed by atoms with Gasteiger partial charge in [0.2, 0.25) is 0 Å². The Kier molecular flexibility index (Phi) is 5.97. The Morgan fingerprint density at radius 1 is 1.35 bits per heavy atom. The minimum Gasteiger partial charge on any atom is -0.340 e. The van der Waals surface area contributed by atoms with Crippen LogP contribution in [0.25, 0.3) is 10.6 Å². The van der Waals surface area contributed by atoms with Gasteiger partial charge in [-0.05, 0) is 24.1 Å². The molecule has 3 heterocycles. The molecule has 31 heavy (non-hydrogen) atoms. The molecule has 1 saturated heterocycles. The third-order valence-corrected chi connectivity index (χ3v) is 8.10. The van der Waals surface area contributed by atoms with E-state index in [-0.39, 0.29) is 23.6 Å². The molecule has 12 heteroatoms. The molecule has 0 radical (unpaired) electrons. The van der Waals surface area contributed by atoms with Crippen LogP contribution in [0.2, 0.25) is 5.02 Å². The van der Waals surface area contributed by atoms with Crippen LogP contribution in [0.15, 0.2) is 36.9 Å². The zero-order valence-corrected chi connectivity index (χ0v) is 19.0. The number of imidazole rings is 1. The summed E-state index contributed by atoms with van der Waals surface area (Å²) in [4.78, 5) is 22.4. The lowest BCUT2D eigenvalue weighted by atomic mass is 9.98. The lowest BCUT2D eigenvalue weighted by Crippen LogP contribution is -2.55. The molecular weight excluding hydrogens is 465 g/mol. The molecule has 1 fully saturated rings. The highest BCUT2D eigenvalue weighted by Gasteiger charge is 2.41. The lowest BCUT2D eigenvalue weighted by molar-refractivity contribution is -0.122. The van der Waals surface area contributed by atoms with Gasteiger partial charge in [0.15, 0.2) is 5.78 Å². The number of hydrogen-bond donors (Lipinski definition) is 1. The van der Waals surface area contributed by atoms with E-state index in [9.17, 15) is 17.6 Å². The molecule has 0 saturated carbocycles. The van der Waals surface area contributed by atoms with Gasteiger partial charge in [0, 0.05) is 32.9 Å². The number of carbonyl (C=O) groups excluding carboxylic acids is 1. The van der Waals surface area contributed by atoms with E-state index in [1.54, 1.807) is 12.5 Å². The summed E-state index contributed by atoms with van der Waals surface area (Å²) in [5.41, 5.74) is 1.26. The first-order chi connectivity index (χ1) is 14.6. The van der Waals surface area contributed by atoms with Crippen LogP contribution in [0.3, 0.4) is 0 Å². The number of likely N-dealkylation sites (N-methyl/N-ethyl adjacent to an activating group) is 1. The molecule has 2 unspecified atom stereocenters. The number of aryl methyl sites for hydroxylation is 1. The van der Waals surface area contributed by atoms with Crippen molar-refractivity contribution < 1.29 is 17.6 Å². The number of nitrogens with one attached hydrogen (secondary N) is 1. The van der Waals surface area contributed by atoms with Crippen molar-refractivity contribution in [1.82, 2.24) is 23.6 Å². The summed E-state index contributed by atoms with van der Waals surface area (Å²) in [5, 5.41) is 0.472. The predicted molar refractivity (Wildman–Crippen MR) is 115 cm³/mol. The number of aromatic nitrogens is 3. The molecule has 2 atom stereocenters. The minimum absolute atomic E-state index is 0.0612. The van der Waals surface area contributed by atoms with Gasteiger partial charge < -0.3 is 4.57 Å². The van der Waals surface area contributed by atoms with Crippen molar-refractivity contribution >= 4 is 38.9 Å². The number of Topliss-reactive ketones (excluding diaryl/α,β-unsaturated/α-hetero) is 1. The molecule has 0 bridgehead atoms. The Labute approximate surface area is 187 Å². The van der Waals surface area contributed by atoms with Crippen LogP contribution in [0.4, 0.5) is 4.39 Å². The van der Waals surface area contributed by atoms with Gasteiger partial charge in [0.25, 0.3) is 10.2 Å². The standard InChI is InChI=1S/C19H19ClFN5O3S2/c1-25-9-15(23-10-25)18-8-22-19(30-18)14-7-16(26(2)31(28,29)24-14)17(27)6-11-3-4-13(21)12(20)5-11/h3-5,8-10,14,16,24H,6-7H2,1-2H3. The summed E-state index contributed by atoms with van der Waals surface area (Å²) >= 11 is 7.12. The zero-order valence-electron chi connectivity index (χ0n) is 16.6. The van der Waals surface area contributed by atoms with Crippen LogP contribution in [0.1, 0.15) is 23.0 Å². The van der Waals surface area contributed by atoms with E-state index >= 15 is 0 Å². The third-order valence-electron chi connectivity index (χ3n) is 5.08. The Bertz CT molecular complexity index is 1240. The molecule has 1 N–H and O–H groups in total. The number of rotatable bonds is 5. The highest BCUT2D eigenvalue weighted by molar-refractivity contribution is 7.87. The topological polar surface area (TPSA) is 97.2 Å². The molecule has 8 nitrogen and oxygen atoms in total. The number of thiazole rings is 1. The number of carbonyl (C=O) groups is 1. The molecule has 2 aromatic heterocycles. The van der Waals surface area contributed by atoms with Gasteiger partial charge in [-0.1, -0.05) is 17.7 Å². The van der Waals surface area contributed by atoms with Crippen LogP contribution < -0.4 is 4.72 Å². The van der Waals surface area contributed by atoms with Crippen molar-refractivity contribution in [1.29, 1.82) is 0 Å². The van der Waals surface area contributed by atoms with Gasteiger partial charge in [-0.3, -0.25) is 4.79 Å². The fraction of sp³-hybridized carbons (Fsp3) is 0.316. The molecule has 0 amide bonds. The normalized spacial score (nSPS) is 21.3. The van der Waals surface area contributed by atoms with E-state index in [4.69, 9.17) is 11.6 Å². The first-order valence-corrected chi connectivity index (χ1v) is 11.9. The first-order valence-electron chi connectivity index (χ1n) is 9.30. The highest BCUT2D eigenvalue weighted by Crippen LogP contribution is 2.34. The summed E-state index contributed by atoms with van der Waals surface area (Å²) in [6.45, 7) is 0. The maximum absolute atomic E-state index is 13.4. The number of benzene rings is 1. The molecule has 0 aliphatic carbocycles. The highest BCUT2D eigenvalue weighted by atomic mass is 35.5. The van der Waals surface area contributed by atoms with Crippen molar-refractivity contribution in [3.05, 3.63) is 58.3 Å². The fourth-order valence-corrected chi connectivity index (χ4v) is 5.91. The Hall–Kier alpha value is -2.18. The van der Waals surface area contributed by atoms with Gasteiger partial charge in [0.1, 0.15) is 10.8 Å². The van der Waals surface area contributed by atoms with E-state index in [1.807, 2.05) is 17.8 Å². The molecule has 4 rings (SSSR count). The van der Waals surface area contributed by atoms with E-state index in [0.29, 0.717) is 10.6 Å². The zero-order chi connectivity index (χ0) is 22.3. The van der Waals surface area contributed by atoms with Crippen molar-refractivity contribution in [2.45, 2.75) is 24.9 Å². The van der Waals surface area contributed by atoms with Gasteiger partial charge in [-0.25, -0.2) is 14.4 Å². The number of halogens is 2. The summed E-state index contributed by atoms with van der Waals surface area (Å²) in [6, 6.07) is 2.50. The Morgan fingerprint density at radius 2 is 2.13 bits per heavy atom. The third kappa shape index (κ3) is 4.55. The molecule has 164 valence electrons. The molecular formula is C19H19ClFN5O3S2. The monoisotopic (exact) mass is 483 g/mol. The maximum Gasteiger partial charge on any atom is 0.280 e. The molecule has 1 aliphatic rings. The maximum atomic E-state index is 13.4. The minimum atomic E-state index is -3.89. The van der Waals surface area contributed by atoms with E-state index in [0.717, 1.165) is 14.9 Å². The molecule has 3 aromatic rings. The molecule has 1 aromatic carbocycles. The second kappa shape index (κ2) is 8.40. The van der Waals surface area contributed by atoms with Crippen molar-refractivity contribution in [2.75, 3.05) is 7.05 Å². The summed E-state index contributed by atoms with van der Waals surface area (Å²) in [6.07, 6.45) is 5.32. The van der Waals surface area contributed by atoms with Crippen molar-refractivity contribution in [3.8, 4) is 10.6 Å². The van der Waals surface area contributed by atoms with E-state index in [1.165, 1.54) is 36.6 Å². The Balaban J connectivity index is 1.57. The van der Waals surface area contributed by atoms with Gasteiger partial charge in [-0.2, -0.15) is 17.4 Å². The predicted octanol–water partition coefficient (Wildman–Crippen LogP) is 2.73. The van der Waals surface area contributed by atoms with Crippen LogP contribution in [-0.4, -0.2) is 46.1 Å². The number of nitrogens with zero attached hydrogens (tertiary/aromatic N) is 4. The average Bonchev–Trinajstić information content (AvgIpc) is 3.35. The summed E-state index contributed by atoms with van der Waals surface area (Å²) < 4.78 is 44.2. The van der Waals surface area contributed by atoms with Gasteiger partial charge >= 0.3 is 0 Å². The molecule has 0 spiro atoms. The number of ketones is 1. The average molecular weight is 484 g/mol. The summed E-state index contributed by atoms with van der Waals surface area (Å²) in [7, 11) is -0.672. The van der Waals surface area contributed by atoms with Crippen LogP contribution >= 0.6 is 22.9 Å². The Morgan fingerprint density at radius 3 is 2.81 bits per heavy atom. The van der Waals surface area contributed by atoms with E-state index in [2.05, 4.69) is 14.7 Å². The van der Waals surface area contributed by atoms with Crippen molar-refractivity contribution in [3.63, 3.8) is 0 Å². The van der Waals surface area contributed by atoms with E-state index < -0.39 is 28.1 Å². The van der Waals surface area contributed by atoms with Crippen LogP contribution in [-0.2, 0) is 28.5 Å². The van der Waals surface area contributed by atoms with Gasteiger partial charge in [0.05, 0.1) is 34.0 Å². The quantitative estimate of drug-likeness (QED) is 0.601. The SMILES string of the molecule is CN1C(C(=O)Cc2ccc(F)c(Cl)c2)CC(c2ncc(-c3cn(C)cn3)s2)NS1(=O)=O. The smallest absolute Gasteiger partial charge is 0.280 e. The summed E-state index contributed by atoms with van der Waals surface area (Å²) in [5.74, 6) is -0.881. The first kappa shape index (κ1) is 22.0. The van der Waals surface area contributed by atoms with Crippen LogP contribution in [0.5, 0.6) is 0 Å². The number of hydrogen-bond acceptors (Lipinski definition) is 6.